The Morgan fingerprint density at radius 1 is 1.35 bits per heavy atom. The van der Waals surface area contributed by atoms with Gasteiger partial charge in [-0.3, -0.25) is 24.3 Å². The van der Waals surface area contributed by atoms with Crippen molar-refractivity contribution in [1.82, 2.24) is 25.2 Å². The van der Waals surface area contributed by atoms with Gasteiger partial charge in [-0.25, -0.2) is 14.8 Å². The Labute approximate surface area is 206 Å². The van der Waals surface area contributed by atoms with Gasteiger partial charge in [-0.05, 0) is 0 Å². The monoisotopic (exact) mass is 544 g/mol. The average Bonchev–Trinajstić information content (AvgIpc) is 3.08. The van der Waals surface area contributed by atoms with Gasteiger partial charge in [0.15, 0.2) is 10.8 Å². The molecule has 0 spiro atoms. The van der Waals surface area contributed by atoms with Crippen molar-refractivity contribution >= 4 is 81.0 Å². The molecule has 1 saturated heterocycles. The lowest BCUT2D eigenvalue weighted by atomic mass is 10.0. The highest BCUT2D eigenvalue weighted by atomic mass is 35.5. The number of carbonyl (C=O) groups is 3. The summed E-state index contributed by atoms with van der Waals surface area (Å²) < 4.78 is 0.0146. The number of oxime groups is 1. The molecule has 2 aliphatic rings. The van der Waals surface area contributed by atoms with Crippen LogP contribution in [0.1, 0.15) is 5.69 Å². The van der Waals surface area contributed by atoms with Gasteiger partial charge in [-0.1, -0.05) is 39.9 Å². The predicted octanol–water partition coefficient (Wildman–Crippen LogP) is -0.289. The number of hydrogen-bond donors (Lipinski definition) is 6. The van der Waals surface area contributed by atoms with Crippen LogP contribution < -0.4 is 22.3 Å². The number of halogens is 1. The summed E-state index contributed by atoms with van der Waals surface area (Å²) in [6.07, 6.45) is 0. The van der Waals surface area contributed by atoms with E-state index in [9.17, 15) is 29.5 Å². The summed E-state index contributed by atoms with van der Waals surface area (Å²) in [4.78, 5) is 60.4. The van der Waals surface area contributed by atoms with Crippen LogP contribution in [-0.4, -0.2) is 70.8 Å². The molecule has 0 saturated carbocycles. The Hall–Kier alpha value is -3.28. The van der Waals surface area contributed by atoms with Crippen LogP contribution in [0.25, 0.3) is 0 Å². The number of carboxylic acids is 1. The molecule has 8 N–H and O–H groups in total. The molecule has 2 amide bonds. The maximum absolute atomic E-state index is 12.8. The quantitative estimate of drug-likeness (QED) is 0.0905. The van der Waals surface area contributed by atoms with Crippen molar-refractivity contribution < 1.29 is 24.7 Å². The topological polar surface area (TPSA) is 230 Å². The minimum atomic E-state index is -1.37. The SMILES string of the molecule is Nc1nc(SC2=C(C(=O)O)N3C(=O)C(NC(=O)/C(=N/O)c4nc(N)sc4Cl)[C@H]3SC2)cc(=O)[nH]1. The second-order valence-corrected chi connectivity index (χ2v) is 10.5. The summed E-state index contributed by atoms with van der Waals surface area (Å²) in [5.41, 5.74) is 9.56. The van der Waals surface area contributed by atoms with E-state index in [-0.39, 0.29) is 42.5 Å². The number of aliphatic carboxylic acids is 1. The van der Waals surface area contributed by atoms with Crippen LogP contribution in [0.5, 0.6) is 0 Å². The first-order chi connectivity index (χ1) is 16.1. The smallest absolute Gasteiger partial charge is 0.353 e. The molecule has 0 bridgehead atoms. The number of hydrogen-bond acceptors (Lipinski definition) is 13. The lowest BCUT2D eigenvalue weighted by Gasteiger charge is -2.49. The van der Waals surface area contributed by atoms with Gasteiger partial charge < -0.3 is 27.1 Å². The number of aromatic amines is 1. The Morgan fingerprint density at radius 3 is 2.68 bits per heavy atom. The second-order valence-electron chi connectivity index (χ2n) is 6.63. The number of fused-ring (bicyclic) bond motifs is 1. The zero-order valence-corrected chi connectivity index (χ0v) is 19.7. The number of nitrogen functional groups attached to an aromatic ring is 2. The van der Waals surface area contributed by atoms with Gasteiger partial charge in [0.1, 0.15) is 32.2 Å². The fraction of sp³-hybridized carbons (Fsp3) is 0.188. The molecule has 4 rings (SSSR count). The molecule has 1 fully saturated rings. The third-order valence-corrected chi connectivity index (χ3v) is 8.08. The molecule has 0 radical (unpaired) electrons. The lowest BCUT2D eigenvalue weighted by Crippen LogP contribution is -2.71. The molecule has 0 aromatic carbocycles. The van der Waals surface area contributed by atoms with Crippen molar-refractivity contribution in [3.05, 3.63) is 37.1 Å². The van der Waals surface area contributed by atoms with Gasteiger partial charge in [0.05, 0.1) is 0 Å². The second kappa shape index (κ2) is 9.16. The minimum absolute atomic E-state index is 0.0146. The zero-order valence-electron chi connectivity index (χ0n) is 16.5. The van der Waals surface area contributed by atoms with Crippen LogP contribution in [0.15, 0.2) is 31.6 Å². The van der Waals surface area contributed by atoms with Gasteiger partial charge in [-0.15, -0.1) is 11.8 Å². The number of thiazole rings is 1. The summed E-state index contributed by atoms with van der Waals surface area (Å²) in [5, 5.41) is 23.8. The fourth-order valence-electron chi connectivity index (χ4n) is 3.17. The summed E-state index contributed by atoms with van der Waals surface area (Å²) >= 11 is 8.91. The molecule has 2 atom stereocenters. The highest BCUT2D eigenvalue weighted by molar-refractivity contribution is 8.06. The molecule has 2 aliphatic heterocycles. The number of amides is 2. The number of nitrogens with two attached hydrogens (primary N) is 2. The Morgan fingerprint density at radius 2 is 2.09 bits per heavy atom. The summed E-state index contributed by atoms with van der Waals surface area (Å²) in [5.74, 6) is -3.00. The largest absolute Gasteiger partial charge is 0.477 e. The van der Waals surface area contributed by atoms with E-state index in [0.29, 0.717) is 0 Å². The van der Waals surface area contributed by atoms with Gasteiger partial charge in [0.25, 0.3) is 17.4 Å². The van der Waals surface area contributed by atoms with Crippen LogP contribution in [-0.2, 0) is 14.4 Å². The Bertz CT molecular complexity index is 1340. The molecule has 2 aromatic heterocycles. The maximum Gasteiger partial charge on any atom is 0.353 e. The highest BCUT2D eigenvalue weighted by Gasteiger charge is 2.54. The predicted molar refractivity (Wildman–Crippen MR) is 125 cm³/mol. The fourth-order valence-corrected chi connectivity index (χ4v) is 6.58. The molecular formula is C16H13ClN8O6S3. The Kier molecular flexibility index (Phi) is 6.43. The van der Waals surface area contributed by atoms with Gasteiger partial charge in [0, 0.05) is 16.7 Å². The third-order valence-electron chi connectivity index (χ3n) is 4.53. The molecule has 2 aromatic rings. The molecular weight excluding hydrogens is 532 g/mol. The molecule has 178 valence electrons. The lowest BCUT2D eigenvalue weighted by molar-refractivity contribution is -0.150. The van der Waals surface area contributed by atoms with Crippen molar-refractivity contribution in [1.29, 1.82) is 0 Å². The number of aromatic nitrogens is 3. The van der Waals surface area contributed by atoms with E-state index in [1.165, 1.54) is 11.8 Å². The van der Waals surface area contributed by atoms with Gasteiger partial charge >= 0.3 is 5.97 Å². The number of anilines is 2. The van der Waals surface area contributed by atoms with E-state index in [2.05, 4.69) is 25.4 Å². The number of nitrogens with one attached hydrogen (secondary N) is 2. The van der Waals surface area contributed by atoms with Crippen LogP contribution in [0, 0.1) is 0 Å². The van der Waals surface area contributed by atoms with Crippen LogP contribution in [0.2, 0.25) is 4.34 Å². The third kappa shape index (κ3) is 4.29. The van der Waals surface area contributed by atoms with Gasteiger partial charge in [0.2, 0.25) is 5.95 Å². The number of carboxylic acid groups (broad SMARTS) is 1. The van der Waals surface area contributed by atoms with Crippen molar-refractivity contribution in [3.8, 4) is 0 Å². The van der Waals surface area contributed by atoms with E-state index in [4.69, 9.17) is 23.1 Å². The standard InChI is InChI=1S/C16H13ClN8O6S3/c17-10-6(23-16(19)34-10)7(24-31)11(27)22-8-12(28)25-9(14(29)30)3(2-32-13(8)25)33-5-1-4(26)20-15(18)21-5/h1,8,13,31H,2H2,(H2,19,23)(H,22,27)(H,29,30)(H3,18,20,21,26)/b24-7+/t8?,13-/m1/s1. The molecule has 0 aliphatic carbocycles. The molecule has 4 heterocycles. The molecule has 18 heteroatoms. The van der Waals surface area contributed by atoms with E-state index < -0.39 is 40.5 Å². The summed E-state index contributed by atoms with van der Waals surface area (Å²) in [7, 11) is 0. The minimum Gasteiger partial charge on any atom is -0.477 e. The number of thioether (sulfide) groups is 2. The number of rotatable bonds is 6. The van der Waals surface area contributed by atoms with Gasteiger partial charge in [-0.2, -0.15) is 0 Å². The van der Waals surface area contributed by atoms with Crippen LogP contribution in [0.4, 0.5) is 11.1 Å². The average molecular weight is 545 g/mol. The number of H-pyrrole nitrogens is 1. The van der Waals surface area contributed by atoms with Crippen LogP contribution in [0.3, 0.4) is 0 Å². The first-order valence-corrected chi connectivity index (χ1v) is 12.1. The zero-order chi connectivity index (χ0) is 24.7. The first-order valence-electron chi connectivity index (χ1n) is 9.01. The number of carbonyl (C=O) groups excluding carboxylic acids is 2. The summed E-state index contributed by atoms with van der Waals surface area (Å²) in [6.45, 7) is 0. The van der Waals surface area contributed by atoms with Crippen molar-refractivity contribution in [3.63, 3.8) is 0 Å². The van der Waals surface area contributed by atoms with Crippen LogP contribution >= 0.6 is 46.5 Å². The molecule has 1 unspecified atom stereocenters. The highest BCUT2D eigenvalue weighted by Crippen LogP contribution is 2.44. The van der Waals surface area contributed by atoms with E-state index in [1.807, 2.05) is 0 Å². The van der Waals surface area contributed by atoms with E-state index in [0.717, 1.165) is 34.1 Å². The van der Waals surface area contributed by atoms with E-state index >= 15 is 0 Å². The number of β-lactam (4-membered cyclic amide) rings is 1. The number of nitrogens with zero attached hydrogens (tertiary/aromatic N) is 4. The van der Waals surface area contributed by atoms with Crippen molar-refractivity contribution in [2.75, 3.05) is 17.2 Å². The normalized spacial score (nSPS) is 20.1. The summed E-state index contributed by atoms with van der Waals surface area (Å²) in [6, 6.07) is 0.0513. The molecule has 34 heavy (non-hydrogen) atoms. The molecule has 14 nitrogen and oxygen atoms in total. The Balaban J connectivity index is 1.55. The van der Waals surface area contributed by atoms with E-state index in [1.54, 1.807) is 0 Å². The maximum atomic E-state index is 12.8. The van der Waals surface area contributed by atoms with Crippen molar-refractivity contribution in [2.45, 2.75) is 16.4 Å². The first kappa shape index (κ1) is 23.9. The van der Waals surface area contributed by atoms with Crippen molar-refractivity contribution in [2.24, 2.45) is 5.16 Å².